The number of H-pyrrole nitrogens is 1. The quantitative estimate of drug-likeness (QED) is 0.622. The Morgan fingerprint density at radius 2 is 2.00 bits per heavy atom. The number of nitrogens with zero attached hydrogens (tertiary/aromatic N) is 1. The van der Waals surface area contributed by atoms with Crippen LogP contribution in [0.2, 0.25) is 0 Å². The minimum absolute atomic E-state index is 0.278. The summed E-state index contributed by atoms with van der Waals surface area (Å²) in [5.41, 5.74) is 2.66. The summed E-state index contributed by atoms with van der Waals surface area (Å²) < 4.78 is 11.5. The number of aryl methyl sites for hydroxylation is 1. The molecule has 0 aliphatic rings. The molecule has 3 aromatic rings. The number of carbonyl (C=O) groups is 2. The summed E-state index contributed by atoms with van der Waals surface area (Å²) >= 11 is 1.36. The summed E-state index contributed by atoms with van der Waals surface area (Å²) in [4.78, 5) is 32.2. The van der Waals surface area contributed by atoms with E-state index >= 15 is 0 Å². The molecular weight excluding hydrogens is 366 g/mol. The van der Waals surface area contributed by atoms with Crippen LogP contribution in [0.4, 0.5) is 5.13 Å². The van der Waals surface area contributed by atoms with Crippen LogP contribution < -0.4 is 10.1 Å². The number of anilines is 1. The van der Waals surface area contributed by atoms with Crippen molar-refractivity contribution in [2.75, 3.05) is 18.5 Å². The van der Waals surface area contributed by atoms with Crippen molar-refractivity contribution in [2.24, 2.45) is 0 Å². The molecule has 27 heavy (non-hydrogen) atoms. The minimum atomic E-state index is -0.439. The van der Waals surface area contributed by atoms with Gasteiger partial charge in [0.1, 0.15) is 11.4 Å². The van der Waals surface area contributed by atoms with Crippen molar-refractivity contribution in [3.05, 3.63) is 40.7 Å². The molecule has 2 heterocycles. The zero-order chi connectivity index (χ0) is 19.6. The largest absolute Gasteiger partial charge is 0.494 e. The number of esters is 1. The average Bonchev–Trinajstić information content (AvgIpc) is 3.14. The van der Waals surface area contributed by atoms with Crippen LogP contribution in [0, 0.1) is 13.8 Å². The number of carbonyl (C=O) groups excluding carboxylic acids is 2. The van der Waals surface area contributed by atoms with Gasteiger partial charge in [0.15, 0.2) is 5.13 Å². The highest BCUT2D eigenvalue weighted by atomic mass is 32.1. The zero-order valence-electron chi connectivity index (χ0n) is 15.6. The third-order valence-corrected chi connectivity index (χ3v) is 4.97. The molecule has 7 nitrogen and oxygen atoms in total. The average molecular weight is 387 g/mol. The first-order valence-corrected chi connectivity index (χ1v) is 9.47. The van der Waals surface area contributed by atoms with Gasteiger partial charge < -0.3 is 14.5 Å². The van der Waals surface area contributed by atoms with Gasteiger partial charge in [-0.2, -0.15) is 0 Å². The van der Waals surface area contributed by atoms with Crippen molar-refractivity contribution in [3.8, 4) is 5.75 Å². The Bertz CT molecular complexity index is 1010. The van der Waals surface area contributed by atoms with Crippen LogP contribution in [0.1, 0.15) is 46.0 Å². The number of fused-ring (bicyclic) bond motifs is 1. The highest BCUT2D eigenvalue weighted by molar-refractivity contribution is 7.22. The van der Waals surface area contributed by atoms with Crippen LogP contribution in [-0.2, 0) is 4.74 Å². The van der Waals surface area contributed by atoms with Crippen molar-refractivity contribution >= 4 is 38.6 Å². The van der Waals surface area contributed by atoms with Crippen LogP contribution in [0.3, 0.4) is 0 Å². The highest BCUT2D eigenvalue weighted by Gasteiger charge is 2.23. The van der Waals surface area contributed by atoms with Crippen LogP contribution in [0.5, 0.6) is 5.75 Å². The fourth-order valence-electron chi connectivity index (χ4n) is 2.86. The van der Waals surface area contributed by atoms with E-state index in [4.69, 9.17) is 9.47 Å². The van der Waals surface area contributed by atoms with E-state index in [1.165, 1.54) is 11.3 Å². The Morgan fingerprint density at radius 3 is 2.70 bits per heavy atom. The van der Waals surface area contributed by atoms with Crippen molar-refractivity contribution in [3.63, 3.8) is 0 Å². The molecule has 0 aliphatic heterocycles. The number of thiazole rings is 1. The SMILES string of the molecule is CCOC(=O)c1c(C)[nH]c(C(=O)Nc2nc3ccc(OCC)cc3s2)c1C. The number of rotatable bonds is 6. The lowest BCUT2D eigenvalue weighted by Crippen LogP contribution is -2.14. The number of amides is 1. The summed E-state index contributed by atoms with van der Waals surface area (Å²) in [6.07, 6.45) is 0. The molecular formula is C19H21N3O4S. The first-order chi connectivity index (χ1) is 12.9. The van der Waals surface area contributed by atoms with Gasteiger partial charge >= 0.3 is 5.97 Å². The molecule has 8 heteroatoms. The van der Waals surface area contributed by atoms with Gasteiger partial charge in [-0.1, -0.05) is 11.3 Å². The summed E-state index contributed by atoms with van der Waals surface area (Å²) in [6, 6.07) is 5.60. The third-order valence-electron chi connectivity index (χ3n) is 4.04. The number of benzene rings is 1. The molecule has 0 aliphatic carbocycles. The number of ether oxygens (including phenoxy) is 2. The van der Waals surface area contributed by atoms with E-state index in [1.54, 1.807) is 20.8 Å². The van der Waals surface area contributed by atoms with Gasteiger partial charge in [0.05, 0.1) is 29.0 Å². The van der Waals surface area contributed by atoms with E-state index in [0.29, 0.717) is 34.3 Å². The highest BCUT2D eigenvalue weighted by Crippen LogP contribution is 2.30. The van der Waals surface area contributed by atoms with Gasteiger partial charge in [-0.05, 0) is 51.5 Å². The van der Waals surface area contributed by atoms with Crippen LogP contribution in [-0.4, -0.2) is 35.1 Å². The number of nitrogens with one attached hydrogen (secondary N) is 2. The number of aromatic amines is 1. The molecule has 2 N–H and O–H groups in total. The fourth-order valence-corrected chi connectivity index (χ4v) is 3.75. The zero-order valence-corrected chi connectivity index (χ0v) is 16.5. The molecule has 0 spiro atoms. The number of hydrogen-bond donors (Lipinski definition) is 2. The Kier molecular flexibility index (Phi) is 5.46. The smallest absolute Gasteiger partial charge is 0.340 e. The topological polar surface area (TPSA) is 93.3 Å². The second kappa shape index (κ2) is 7.79. The summed E-state index contributed by atoms with van der Waals surface area (Å²) in [5, 5.41) is 3.28. The van der Waals surface area contributed by atoms with Crippen molar-refractivity contribution in [1.82, 2.24) is 9.97 Å². The Balaban J connectivity index is 1.84. The van der Waals surface area contributed by atoms with E-state index in [-0.39, 0.29) is 12.5 Å². The first kappa shape index (κ1) is 18.9. The minimum Gasteiger partial charge on any atom is -0.494 e. The van der Waals surface area contributed by atoms with E-state index < -0.39 is 5.97 Å². The number of hydrogen-bond acceptors (Lipinski definition) is 6. The van der Waals surface area contributed by atoms with Crippen LogP contribution in [0.15, 0.2) is 18.2 Å². The van der Waals surface area contributed by atoms with Crippen molar-refractivity contribution < 1.29 is 19.1 Å². The summed E-state index contributed by atoms with van der Waals surface area (Å²) in [7, 11) is 0. The normalized spacial score (nSPS) is 10.8. The summed E-state index contributed by atoms with van der Waals surface area (Å²) in [6.45, 7) is 7.99. The van der Waals surface area contributed by atoms with Gasteiger partial charge in [0.2, 0.25) is 0 Å². The lowest BCUT2D eigenvalue weighted by Gasteiger charge is -2.03. The lowest BCUT2D eigenvalue weighted by molar-refractivity contribution is 0.0525. The molecule has 2 aromatic heterocycles. The molecule has 3 rings (SSSR count). The Labute approximate surface area is 160 Å². The van der Waals surface area contributed by atoms with Gasteiger partial charge in [-0.25, -0.2) is 9.78 Å². The molecule has 0 radical (unpaired) electrons. The predicted molar refractivity (Wildman–Crippen MR) is 105 cm³/mol. The second-order valence-electron chi connectivity index (χ2n) is 5.88. The fraction of sp³-hybridized carbons (Fsp3) is 0.316. The Morgan fingerprint density at radius 1 is 1.22 bits per heavy atom. The molecule has 1 aromatic carbocycles. The summed E-state index contributed by atoms with van der Waals surface area (Å²) in [5.74, 6) is -0.0251. The first-order valence-electron chi connectivity index (χ1n) is 8.65. The maximum absolute atomic E-state index is 12.7. The maximum atomic E-state index is 12.7. The van der Waals surface area contributed by atoms with Gasteiger partial charge in [-0.15, -0.1) is 0 Å². The van der Waals surface area contributed by atoms with Crippen molar-refractivity contribution in [2.45, 2.75) is 27.7 Å². The maximum Gasteiger partial charge on any atom is 0.340 e. The van der Waals surface area contributed by atoms with E-state index in [0.717, 1.165) is 16.0 Å². The molecule has 1 amide bonds. The van der Waals surface area contributed by atoms with Crippen LogP contribution >= 0.6 is 11.3 Å². The standard InChI is InChI=1S/C19H21N3O4S/c1-5-25-12-7-8-13-14(9-12)27-19(21-13)22-17(23)16-10(3)15(11(4)20-16)18(24)26-6-2/h7-9,20H,5-6H2,1-4H3,(H,21,22,23). The van der Waals surface area contributed by atoms with E-state index in [1.807, 2.05) is 25.1 Å². The van der Waals surface area contributed by atoms with Gasteiger partial charge in [-0.3, -0.25) is 10.1 Å². The molecule has 0 unspecified atom stereocenters. The predicted octanol–water partition coefficient (Wildman–Crippen LogP) is 4.07. The second-order valence-corrected chi connectivity index (χ2v) is 6.91. The lowest BCUT2D eigenvalue weighted by atomic mass is 10.1. The van der Waals surface area contributed by atoms with Crippen molar-refractivity contribution in [1.29, 1.82) is 0 Å². The Hall–Kier alpha value is -2.87. The molecule has 0 saturated carbocycles. The molecule has 0 bridgehead atoms. The molecule has 0 saturated heterocycles. The van der Waals surface area contributed by atoms with E-state index in [9.17, 15) is 9.59 Å². The third kappa shape index (κ3) is 3.80. The molecule has 142 valence electrons. The van der Waals surface area contributed by atoms with Crippen LogP contribution in [0.25, 0.3) is 10.2 Å². The van der Waals surface area contributed by atoms with Gasteiger partial charge in [0, 0.05) is 5.69 Å². The molecule has 0 fully saturated rings. The monoisotopic (exact) mass is 387 g/mol. The number of aromatic nitrogens is 2. The van der Waals surface area contributed by atoms with Gasteiger partial charge in [0.25, 0.3) is 5.91 Å². The van der Waals surface area contributed by atoms with E-state index in [2.05, 4.69) is 15.3 Å². The molecule has 0 atom stereocenters.